The predicted molar refractivity (Wildman–Crippen MR) is 120 cm³/mol. The van der Waals surface area contributed by atoms with Crippen molar-refractivity contribution in [2.45, 2.75) is 58.0 Å². The average molecular weight is 396 g/mol. The zero-order valence-corrected chi connectivity index (χ0v) is 18.3. The molecule has 0 aromatic heterocycles. The van der Waals surface area contributed by atoms with E-state index >= 15 is 0 Å². The van der Waals surface area contributed by atoms with Crippen molar-refractivity contribution >= 4 is 0 Å². The van der Waals surface area contributed by atoms with E-state index in [4.69, 9.17) is 4.74 Å². The van der Waals surface area contributed by atoms with Gasteiger partial charge in [-0.25, -0.2) is 0 Å². The number of benzene rings is 2. The molecule has 0 bridgehead atoms. The quantitative estimate of drug-likeness (QED) is 0.569. The first kappa shape index (κ1) is 21.9. The lowest BCUT2D eigenvalue weighted by atomic mass is 9.73. The summed E-state index contributed by atoms with van der Waals surface area (Å²) < 4.78 is 5.63. The lowest BCUT2D eigenvalue weighted by Gasteiger charge is -2.40. The van der Waals surface area contributed by atoms with Crippen LogP contribution in [0.2, 0.25) is 0 Å². The molecule has 2 aromatic rings. The molecule has 0 amide bonds. The Balaban J connectivity index is 1.99. The number of likely N-dealkylation sites (tertiary alicyclic amines) is 1. The van der Waals surface area contributed by atoms with Gasteiger partial charge in [0.05, 0.1) is 12.2 Å². The van der Waals surface area contributed by atoms with Crippen molar-refractivity contribution in [3.8, 4) is 5.75 Å². The van der Waals surface area contributed by atoms with Crippen LogP contribution in [0.4, 0.5) is 0 Å². The molecule has 3 rings (SSSR count). The number of aliphatic hydroxyl groups is 1. The van der Waals surface area contributed by atoms with E-state index in [-0.39, 0.29) is 5.92 Å². The Bertz CT molecular complexity index is 722. The maximum Gasteiger partial charge on any atom is 0.119 e. The van der Waals surface area contributed by atoms with E-state index in [1.54, 1.807) is 0 Å². The molecule has 0 spiro atoms. The molecular weight excluding hydrogens is 358 g/mol. The standard InChI is InChI=1S/C26H37NO2/c1-4-29-24-14-12-23(13-15-24)26(28,17-16-21(2)3)25(20-27-18-8-9-19-27)22-10-6-5-7-11-22/h5-7,10-15,21,25,28H,4,8-9,16-20H2,1-3H3/t25-,26+/m1/s1. The maximum atomic E-state index is 12.3. The van der Waals surface area contributed by atoms with Crippen LogP contribution >= 0.6 is 0 Å². The monoisotopic (exact) mass is 395 g/mol. The van der Waals surface area contributed by atoms with E-state index < -0.39 is 5.60 Å². The van der Waals surface area contributed by atoms with Gasteiger partial charge >= 0.3 is 0 Å². The van der Waals surface area contributed by atoms with Crippen LogP contribution in [-0.2, 0) is 5.60 Å². The van der Waals surface area contributed by atoms with E-state index in [1.165, 1.54) is 18.4 Å². The van der Waals surface area contributed by atoms with Crippen LogP contribution in [-0.4, -0.2) is 36.2 Å². The van der Waals surface area contributed by atoms with Crippen molar-refractivity contribution in [2.24, 2.45) is 5.92 Å². The molecule has 1 fully saturated rings. The first-order valence-electron chi connectivity index (χ1n) is 11.3. The largest absolute Gasteiger partial charge is 0.494 e. The third-order valence-corrected chi connectivity index (χ3v) is 6.19. The molecule has 1 heterocycles. The van der Waals surface area contributed by atoms with E-state index in [1.807, 2.05) is 19.1 Å². The summed E-state index contributed by atoms with van der Waals surface area (Å²) in [6.45, 7) is 10.3. The third-order valence-electron chi connectivity index (χ3n) is 6.19. The van der Waals surface area contributed by atoms with Gasteiger partial charge in [0, 0.05) is 12.5 Å². The van der Waals surface area contributed by atoms with Crippen molar-refractivity contribution < 1.29 is 9.84 Å². The van der Waals surface area contributed by atoms with Gasteiger partial charge in [0.25, 0.3) is 0 Å². The number of ether oxygens (including phenoxy) is 1. The van der Waals surface area contributed by atoms with Crippen LogP contribution in [0.1, 0.15) is 63.5 Å². The predicted octanol–water partition coefficient (Wildman–Crippen LogP) is 5.59. The van der Waals surface area contributed by atoms with Crippen LogP contribution < -0.4 is 4.74 Å². The first-order chi connectivity index (χ1) is 14.0. The Morgan fingerprint density at radius 3 is 2.24 bits per heavy atom. The molecular formula is C26H37NO2. The highest BCUT2D eigenvalue weighted by atomic mass is 16.5. The molecule has 29 heavy (non-hydrogen) atoms. The van der Waals surface area contributed by atoms with Crippen LogP contribution in [0.15, 0.2) is 54.6 Å². The summed E-state index contributed by atoms with van der Waals surface area (Å²) in [5.41, 5.74) is 1.31. The molecule has 1 N–H and O–H groups in total. The third kappa shape index (κ3) is 5.61. The number of rotatable bonds is 10. The number of hydrogen-bond acceptors (Lipinski definition) is 3. The highest BCUT2D eigenvalue weighted by Crippen LogP contribution is 2.43. The molecule has 1 aliphatic rings. The maximum absolute atomic E-state index is 12.3. The van der Waals surface area contributed by atoms with Gasteiger partial charge in [0.2, 0.25) is 0 Å². The second-order valence-corrected chi connectivity index (χ2v) is 8.79. The van der Waals surface area contributed by atoms with E-state index in [0.29, 0.717) is 12.5 Å². The van der Waals surface area contributed by atoms with Crippen LogP contribution in [0.3, 0.4) is 0 Å². The van der Waals surface area contributed by atoms with Crippen molar-refractivity contribution in [3.63, 3.8) is 0 Å². The van der Waals surface area contributed by atoms with Crippen LogP contribution in [0.25, 0.3) is 0 Å². The SMILES string of the molecule is CCOc1ccc([C@@](O)(CCC(C)C)[C@H](CN2CCCC2)c2ccccc2)cc1. The molecule has 3 nitrogen and oxygen atoms in total. The second-order valence-electron chi connectivity index (χ2n) is 8.79. The smallest absolute Gasteiger partial charge is 0.119 e. The lowest BCUT2D eigenvalue weighted by Crippen LogP contribution is -2.40. The van der Waals surface area contributed by atoms with E-state index in [0.717, 1.165) is 43.8 Å². The summed E-state index contributed by atoms with van der Waals surface area (Å²) in [6.07, 6.45) is 4.27. The Hall–Kier alpha value is -1.84. The highest BCUT2D eigenvalue weighted by molar-refractivity contribution is 5.35. The molecule has 158 valence electrons. The molecule has 1 saturated heterocycles. The van der Waals surface area contributed by atoms with Crippen molar-refractivity contribution in [2.75, 3.05) is 26.2 Å². The molecule has 2 aromatic carbocycles. The van der Waals surface area contributed by atoms with E-state index in [2.05, 4.69) is 61.2 Å². The van der Waals surface area contributed by atoms with Gasteiger partial charge in [0.1, 0.15) is 5.75 Å². The highest BCUT2D eigenvalue weighted by Gasteiger charge is 2.40. The van der Waals surface area contributed by atoms with Crippen molar-refractivity contribution in [1.82, 2.24) is 4.90 Å². The number of nitrogens with zero attached hydrogens (tertiary/aromatic N) is 1. The van der Waals surface area contributed by atoms with Gasteiger partial charge in [-0.05, 0) is 74.9 Å². The van der Waals surface area contributed by atoms with Crippen LogP contribution in [0, 0.1) is 5.92 Å². The molecule has 0 unspecified atom stereocenters. The molecule has 0 saturated carbocycles. The first-order valence-corrected chi connectivity index (χ1v) is 11.3. The summed E-state index contributed by atoms with van der Waals surface area (Å²) in [5, 5.41) is 12.3. The summed E-state index contributed by atoms with van der Waals surface area (Å²) >= 11 is 0. The van der Waals surface area contributed by atoms with Crippen molar-refractivity contribution in [3.05, 3.63) is 65.7 Å². The van der Waals surface area contributed by atoms with Crippen LogP contribution in [0.5, 0.6) is 5.75 Å². The zero-order chi connectivity index (χ0) is 20.7. The fourth-order valence-corrected chi connectivity index (χ4v) is 4.48. The Morgan fingerprint density at radius 2 is 1.66 bits per heavy atom. The summed E-state index contributed by atoms with van der Waals surface area (Å²) in [7, 11) is 0. The van der Waals surface area contributed by atoms with Gasteiger partial charge in [-0.3, -0.25) is 0 Å². The molecule has 0 radical (unpaired) electrons. The Labute approximate surface area is 176 Å². The Morgan fingerprint density at radius 1 is 1.00 bits per heavy atom. The minimum Gasteiger partial charge on any atom is -0.494 e. The van der Waals surface area contributed by atoms with Gasteiger partial charge in [-0.15, -0.1) is 0 Å². The van der Waals surface area contributed by atoms with Gasteiger partial charge in [-0.1, -0.05) is 56.3 Å². The molecule has 1 aliphatic heterocycles. The minimum absolute atomic E-state index is 0.0403. The molecule has 0 aliphatic carbocycles. The van der Waals surface area contributed by atoms with Crippen molar-refractivity contribution in [1.29, 1.82) is 0 Å². The fourth-order valence-electron chi connectivity index (χ4n) is 4.48. The van der Waals surface area contributed by atoms with Gasteiger partial charge in [-0.2, -0.15) is 0 Å². The zero-order valence-electron chi connectivity index (χ0n) is 18.3. The average Bonchev–Trinajstić information content (AvgIpc) is 3.25. The molecule has 2 atom stereocenters. The van der Waals surface area contributed by atoms with Gasteiger partial charge in [0.15, 0.2) is 0 Å². The normalized spacial score (nSPS) is 18.0. The topological polar surface area (TPSA) is 32.7 Å². The second kappa shape index (κ2) is 10.3. The van der Waals surface area contributed by atoms with Gasteiger partial charge < -0.3 is 14.7 Å². The Kier molecular flexibility index (Phi) is 7.74. The van der Waals surface area contributed by atoms with E-state index in [9.17, 15) is 5.11 Å². The molecule has 3 heteroatoms. The minimum atomic E-state index is -0.904. The summed E-state index contributed by atoms with van der Waals surface area (Å²) in [4.78, 5) is 2.52. The lowest BCUT2D eigenvalue weighted by molar-refractivity contribution is -0.0154. The number of hydrogen-bond donors (Lipinski definition) is 1. The summed E-state index contributed by atoms with van der Waals surface area (Å²) in [6, 6.07) is 18.7. The fraction of sp³-hybridized carbons (Fsp3) is 0.538. The summed E-state index contributed by atoms with van der Waals surface area (Å²) in [5.74, 6) is 1.45.